The van der Waals surface area contributed by atoms with Crippen LogP contribution in [0.4, 0.5) is 0 Å². The SMILES string of the molecule is [N-]=[N+]=NCCCCCC(=O)NC(CC(=O)O)C(=O)SCCC(=O)NCCCCC1(N)CSSC1.[N-]=[N+]=NCCCCCC(=O)NC(CC(=O)ON1C(=O)CCC1=O)C(=O)SCCC(=O)NCCCCC1(N)CSSC1. The standard InChI is InChI=1S/C24H37N7O7S3.C20H34N6O5S3/c25-24(15-40-41-16-24)10-3-5-11-27-18(32)9-13-39-23(37)17(29-19(33)6-2-1-4-12-28-30-26)14-22(36)38-31-20(34)7-8-21(31)35;21-20(13-33-34-14-20)8-3-5-9-23-16(27)7-11-32-19(31)15(12-18(29)30)25-17(28)6-2-1-4-10-24-26-22/h17H,1-16,25H2,(H,27,32)(H,29,33);15H,1-14,21H2,(H,23,27)(H,25,28)(H,29,30). The molecule has 2 atom stereocenters. The first-order valence-corrected chi connectivity index (χ1v) is 31.7. The van der Waals surface area contributed by atoms with E-state index in [9.17, 15) is 47.9 Å². The Kier molecular flexibility index (Phi) is 35.2. The highest BCUT2D eigenvalue weighted by Crippen LogP contribution is 2.39. The summed E-state index contributed by atoms with van der Waals surface area (Å²) in [6.45, 7) is 1.73. The van der Waals surface area contributed by atoms with E-state index >= 15 is 0 Å². The quantitative estimate of drug-likeness (QED) is 0.0105. The average molecular weight is 1170 g/mol. The number of hydrogen-bond donors (Lipinski definition) is 7. The van der Waals surface area contributed by atoms with E-state index in [1.165, 1.54) is 0 Å². The number of thioether (sulfide) groups is 2. The number of imide groups is 1. The molecular formula is C44H71N13O12S6. The fourth-order valence-corrected chi connectivity index (χ4v) is 15.0. The molecule has 3 saturated heterocycles. The van der Waals surface area contributed by atoms with Crippen LogP contribution in [0.25, 0.3) is 20.9 Å². The molecule has 2 unspecified atom stereocenters. The zero-order valence-electron chi connectivity index (χ0n) is 42.0. The largest absolute Gasteiger partial charge is 0.481 e. The van der Waals surface area contributed by atoms with E-state index in [1.54, 1.807) is 43.2 Å². The highest BCUT2D eigenvalue weighted by Gasteiger charge is 2.35. The van der Waals surface area contributed by atoms with Crippen molar-refractivity contribution in [3.63, 3.8) is 0 Å². The number of azide groups is 2. The van der Waals surface area contributed by atoms with Crippen LogP contribution in [0.5, 0.6) is 0 Å². The van der Waals surface area contributed by atoms with Crippen molar-refractivity contribution in [2.45, 2.75) is 152 Å². The van der Waals surface area contributed by atoms with E-state index in [2.05, 4.69) is 41.3 Å². The van der Waals surface area contributed by atoms with Crippen LogP contribution >= 0.6 is 66.7 Å². The van der Waals surface area contributed by atoms with Crippen LogP contribution in [0.2, 0.25) is 0 Å². The lowest BCUT2D eigenvalue weighted by Crippen LogP contribution is -2.43. The maximum atomic E-state index is 12.9. The number of carbonyl (C=O) groups is 10. The van der Waals surface area contributed by atoms with Gasteiger partial charge in [0, 0.05) is 120 Å². The number of hydroxylamine groups is 2. The van der Waals surface area contributed by atoms with Crippen molar-refractivity contribution in [1.82, 2.24) is 26.3 Å². The minimum absolute atomic E-state index is 0.0670. The summed E-state index contributed by atoms with van der Waals surface area (Å²) in [6.07, 6.45) is 8.07. The number of aliphatic carboxylic acids is 1. The van der Waals surface area contributed by atoms with Crippen molar-refractivity contribution in [2.75, 3.05) is 60.7 Å². The average Bonchev–Trinajstić information content (AvgIpc) is 4.09. The molecule has 420 valence electrons. The number of amides is 6. The van der Waals surface area contributed by atoms with Crippen LogP contribution in [-0.4, -0.2) is 152 Å². The van der Waals surface area contributed by atoms with Gasteiger partial charge in [-0.3, -0.25) is 43.2 Å². The van der Waals surface area contributed by atoms with Crippen molar-refractivity contribution >= 4 is 124 Å². The molecule has 0 spiro atoms. The number of unbranched alkanes of at least 4 members (excludes halogenated alkanes) is 6. The summed E-state index contributed by atoms with van der Waals surface area (Å²) < 4.78 is 0. The second-order valence-electron chi connectivity index (χ2n) is 17.8. The Balaban J connectivity index is 0.000000523. The lowest BCUT2D eigenvalue weighted by molar-refractivity contribution is -0.197. The fourth-order valence-electron chi connectivity index (χ4n) is 6.97. The first-order chi connectivity index (χ1) is 35.9. The molecule has 6 amide bonds. The van der Waals surface area contributed by atoms with Crippen LogP contribution in [0.15, 0.2) is 10.2 Å². The minimum Gasteiger partial charge on any atom is -0.481 e. The molecule has 3 fully saturated rings. The Morgan fingerprint density at radius 2 is 1.03 bits per heavy atom. The van der Waals surface area contributed by atoms with Gasteiger partial charge in [-0.2, -0.15) is 0 Å². The molecule has 3 heterocycles. The molecule has 0 aromatic heterocycles. The maximum absolute atomic E-state index is 12.9. The van der Waals surface area contributed by atoms with E-state index < -0.39 is 70.7 Å². The Morgan fingerprint density at radius 1 is 0.613 bits per heavy atom. The van der Waals surface area contributed by atoms with Crippen LogP contribution < -0.4 is 32.7 Å². The monoisotopic (exact) mass is 1170 g/mol. The van der Waals surface area contributed by atoms with Gasteiger partial charge in [-0.1, -0.05) is 89.8 Å². The summed E-state index contributed by atoms with van der Waals surface area (Å²) >= 11 is 1.65. The number of carboxylic acid groups (broad SMARTS) is 1. The molecule has 3 aliphatic rings. The zero-order valence-corrected chi connectivity index (χ0v) is 46.9. The summed E-state index contributed by atoms with van der Waals surface area (Å²) in [5.74, 6) is -0.679. The third kappa shape index (κ3) is 31.7. The van der Waals surface area contributed by atoms with E-state index in [0.717, 1.165) is 85.1 Å². The first-order valence-electron chi connectivity index (χ1n) is 24.7. The van der Waals surface area contributed by atoms with Gasteiger partial charge in [-0.15, -0.1) is 5.06 Å². The molecule has 0 bridgehead atoms. The van der Waals surface area contributed by atoms with Crippen molar-refractivity contribution in [2.24, 2.45) is 21.7 Å². The summed E-state index contributed by atoms with van der Waals surface area (Å²) in [6, 6.07) is -2.41. The summed E-state index contributed by atoms with van der Waals surface area (Å²) in [5, 5.41) is 25.9. The van der Waals surface area contributed by atoms with Gasteiger partial charge in [-0.25, -0.2) is 4.79 Å². The maximum Gasteiger partial charge on any atom is 0.335 e. The third-order valence-electron chi connectivity index (χ3n) is 11.2. The molecule has 3 rings (SSSR count). The van der Waals surface area contributed by atoms with Gasteiger partial charge >= 0.3 is 11.9 Å². The summed E-state index contributed by atoms with van der Waals surface area (Å²) in [4.78, 5) is 131. The fraction of sp³-hybridized carbons (Fsp3) is 0.773. The number of hydrogen-bond acceptors (Lipinski definition) is 21. The predicted octanol–water partition coefficient (Wildman–Crippen LogP) is 5.21. The van der Waals surface area contributed by atoms with Gasteiger partial charge < -0.3 is 42.7 Å². The highest BCUT2D eigenvalue weighted by atomic mass is 33.1. The molecule has 75 heavy (non-hydrogen) atoms. The molecule has 9 N–H and O–H groups in total. The van der Waals surface area contributed by atoms with Crippen molar-refractivity contribution < 1.29 is 57.9 Å². The molecule has 25 nitrogen and oxygen atoms in total. The summed E-state index contributed by atoms with van der Waals surface area (Å²) in [5.41, 5.74) is 28.9. The molecule has 3 aliphatic heterocycles. The number of rotatable bonds is 37. The second-order valence-corrected chi connectivity index (χ2v) is 25.0. The van der Waals surface area contributed by atoms with Gasteiger partial charge in [0.05, 0.1) is 12.8 Å². The van der Waals surface area contributed by atoms with E-state index in [0.29, 0.717) is 69.8 Å². The number of carbonyl (C=O) groups excluding carboxylic acids is 9. The molecular weight excluding hydrogens is 1090 g/mol. The number of nitrogens with zero attached hydrogens (tertiary/aromatic N) is 7. The number of carboxylic acids is 1. The predicted molar refractivity (Wildman–Crippen MR) is 294 cm³/mol. The topological polar surface area (TPSA) is 401 Å². The van der Waals surface area contributed by atoms with Crippen LogP contribution in [0.3, 0.4) is 0 Å². The molecule has 0 aliphatic carbocycles. The van der Waals surface area contributed by atoms with Gasteiger partial charge in [0.2, 0.25) is 33.9 Å². The van der Waals surface area contributed by atoms with E-state index in [4.69, 9.17) is 32.5 Å². The van der Waals surface area contributed by atoms with Crippen LogP contribution in [-0.2, 0) is 52.8 Å². The molecule has 0 saturated carbocycles. The van der Waals surface area contributed by atoms with Crippen molar-refractivity contribution in [3.05, 3.63) is 20.9 Å². The lowest BCUT2D eigenvalue weighted by Gasteiger charge is -2.21. The van der Waals surface area contributed by atoms with Gasteiger partial charge in [0.15, 0.2) is 0 Å². The first kappa shape index (κ1) is 67.1. The van der Waals surface area contributed by atoms with Gasteiger partial charge in [0.25, 0.3) is 11.8 Å². The van der Waals surface area contributed by atoms with E-state index in [-0.39, 0.29) is 72.9 Å². The smallest absolute Gasteiger partial charge is 0.335 e. The second kappa shape index (κ2) is 39.3. The Hall–Kier alpha value is -4.06. The van der Waals surface area contributed by atoms with Crippen LogP contribution in [0.1, 0.15) is 128 Å². The molecule has 0 aromatic rings. The third-order valence-corrected chi connectivity index (χ3v) is 18.7. The normalized spacial score (nSPS) is 16.0. The van der Waals surface area contributed by atoms with Gasteiger partial charge in [-0.05, 0) is 75.3 Å². The minimum atomic E-state index is -1.27. The molecule has 0 aromatic carbocycles. The Bertz CT molecular complexity index is 1990. The summed E-state index contributed by atoms with van der Waals surface area (Å²) in [7, 11) is 7.17. The zero-order chi connectivity index (χ0) is 55.3. The Morgan fingerprint density at radius 3 is 1.43 bits per heavy atom. The molecule has 31 heteroatoms. The Labute approximate surface area is 460 Å². The number of nitrogens with two attached hydrogens (primary N) is 2. The highest BCUT2D eigenvalue weighted by molar-refractivity contribution is 8.77. The lowest BCUT2D eigenvalue weighted by atomic mass is 9.98. The number of nitrogens with one attached hydrogen (secondary N) is 4. The van der Waals surface area contributed by atoms with E-state index in [1.807, 2.05) is 0 Å². The van der Waals surface area contributed by atoms with Crippen molar-refractivity contribution in [3.8, 4) is 0 Å². The van der Waals surface area contributed by atoms with Gasteiger partial charge in [0.1, 0.15) is 12.1 Å². The van der Waals surface area contributed by atoms with Crippen molar-refractivity contribution in [1.29, 1.82) is 0 Å². The van der Waals surface area contributed by atoms with Crippen LogP contribution in [0, 0.1) is 0 Å². The molecule has 0 radical (unpaired) electrons.